The zero-order valence-corrected chi connectivity index (χ0v) is 14.5. The van der Waals surface area contributed by atoms with E-state index in [1.165, 1.54) is 30.3 Å². The Morgan fingerprint density at radius 3 is 2.68 bits per heavy atom. The number of carbonyl (C=O) groups is 1. The molecule has 8 heteroatoms. The second-order valence-corrected chi connectivity index (χ2v) is 8.08. The molecule has 0 aromatic heterocycles. The fourth-order valence-corrected chi connectivity index (χ4v) is 3.35. The van der Waals surface area contributed by atoms with Crippen molar-refractivity contribution in [3.05, 3.63) is 48.3 Å². The van der Waals surface area contributed by atoms with Crippen LogP contribution in [0.3, 0.4) is 0 Å². The molecule has 132 valence electrons. The van der Waals surface area contributed by atoms with Gasteiger partial charge in [-0.05, 0) is 44.2 Å². The standard InChI is InChI=1S/C17H17FN2O4S/c1-17(2)10-24-15-9-12(6-7-14(15)19-16(17)21)20-25(22,23)13-5-3-4-11(18)8-13/h3-9,20H,10H2,1-2H3,(H,19,21). The number of fused-ring (bicyclic) bond motifs is 1. The lowest BCUT2D eigenvalue weighted by atomic mass is 9.94. The molecule has 0 saturated carbocycles. The number of sulfonamides is 1. The average Bonchev–Trinajstić information content (AvgIpc) is 2.64. The van der Waals surface area contributed by atoms with Crippen LogP contribution in [0.4, 0.5) is 15.8 Å². The molecular formula is C17H17FN2O4S. The molecule has 0 saturated heterocycles. The van der Waals surface area contributed by atoms with E-state index in [0.29, 0.717) is 11.4 Å². The monoisotopic (exact) mass is 364 g/mol. The minimum atomic E-state index is -3.94. The number of anilines is 2. The molecule has 1 aliphatic heterocycles. The van der Waals surface area contributed by atoms with Crippen molar-refractivity contribution in [3.63, 3.8) is 0 Å². The number of hydrogen-bond donors (Lipinski definition) is 2. The highest BCUT2D eigenvalue weighted by Gasteiger charge is 2.32. The van der Waals surface area contributed by atoms with Crippen LogP contribution in [0.25, 0.3) is 0 Å². The average molecular weight is 364 g/mol. The molecule has 1 amide bonds. The molecule has 0 fully saturated rings. The van der Waals surface area contributed by atoms with Crippen molar-refractivity contribution in [1.82, 2.24) is 0 Å². The summed E-state index contributed by atoms with van der Waals surface area (Å²) >= 11 is 0. The van der Waals surface area contributed by atoms with Gasteiger partial charge < -0.3 is 10.1 Å². The van der Waals surface area contributed by atoms with Gasteiger partial charge in [0.25, 0.3) is 10.0 Å². The topological polar surface area (TPSA) is 84.5 Å². The Morgan fingerprint density at radius 1 is 1.20 bits per heavy atom. The number of halogens is 1. The molecule has 2 N–H and O–H groups in total. The largest absolute Gasteiger partial charge is 0.490 e. The van der Waals surface area contributed by atoms with Crippen LogP contribution in [0.1, 0.15) is 13.8 Å². The molecule has 0 bridgehead atoms. The van der Waals surface area contributed by atoms with Crippen LogP contribution in [0, 0.1) is 11.2 Å². The van der Waals surface area contributed by atoms with E-state index in [2.05, 4.69) is 10.0 Å². The summed E-state index contributed by atoms with van der Waals surface area (Å²) in [5.74, 6) is -0.462. The highest BCUT2D eigenvalue weighted by atomic mass is 32.2. The molecule has 1 heterocycles. The Balaban J connectivity index is 1.89. The van der Waals surface area contributed by atoms with Gasteiger partial charge in [0, 0.05) is 6.07 Å². The first-order valence-electron chi connectivity index (χ1n) is 7.54. The summed E-state index contributed by atoms with van der Waals surface area (Å²) in [6.07, 6.45) is 0. The highest BCUT2D eigenvalue weighted by Crippen LogP contribution is 2.34. The van der Waals surface area contributed by atoms with Gasteiger partial charge in [-0.25, -0.2) is 12.8 Å². The number of ether oxygens (including phenoxy) is 1. The van der Waals surface area contributed by atoms with E-state index in [-0.39, 0.29) is 23.1 Å². The van der Waals surface area contributed by atoms with E-state index in [1.54, 1.807) is 19.9 Å². The molecule has 25 heavy (non-hydrogen) atoms. The fraction of sp³-hybridized carbons (Fsp3) is 0.235. The number of amides is 1. The molecule has 0 atom stereocenters. The first-order chi connectivity index (χ1) is 11.7. The van der Waals surface area contributed by atoms with Crippen molar-refractivity contribution in [2.24, 2.45) is 5.41 Å². The maximum atomic E-state index is 13.3. The Bertz CT molecular complexity index is 941. The summed E-state index contributed by atoms with van der Waals surface area (Å²) in [4.78, 5) is 11.9. The van der Waals surface area contributed by atoms with Crippen LogP contribution in [0.2, 0.25) is 0 Å². The first-order valence-corrected chi connectivity index (χ1v) is 9.02. The van der Waals surface area contributed by atoms with Gasteiger partial charge in [-0.2, -0.15) is 0 Å². The lowest BCUT2D eigenvalue weighted by molar-refractivity contribution is -0.124. The van der Waals surface area contributed by atoms with Gasteiger partial charge in [0.05, 0.1) is 21.7 Å². The Labute approximate surface area is 145 Å². The molecule has 2 aromatic carbocycles. The van der Waals surface area contributed by atoms with Crippen LogP contribution in [0.5, 0.6) is 5.75 Å². The van der Waals surface area contributed by atoms with Crippen molar-refractivity contribution in [3.8, 4) is 5.75 Å². The third kappa shape index (κ3) is 3.58. The maximum Gasteiger partial charge on any atom is 0.261 e. The van der Waals surface area contributed by atoms with Gasteiger partial charge in [-0.15, -0.1) is 0 Å². The fourth-order valence-electron chi connectivity index (χ4n) is 2.27. The highest BCUT2D eigenvalue weighted by molar-refractivity contribution is 7.92. The normalized spacial score (nSPS) is 16.2. The van der Waals surface area contributed by atoms with E-state index in [9.17, 15) is 17.6 Å². The van der Waals surface area contributed by atoms with Crippen molar-refractivity contribution >= 4 is 27.3 Å². The summed E-state index contributed by atoms with van der Waals surface area (Å²) in [5.41, 5.74) is 0.00140. The quantitative estimate of drug-likeness (QED) is 0.877. The van der Waals surface area contributed by atoms with E-state index < -0.39 is 21.3 Å². The number of hydrogen-bond acceptors (Lipinski definition) is 4. The van der Waals surface area contributed by atoms with Crippen LogP contribution in [0.15, 0.2) is 47.4 Å². The molecule has 0 radical (unpaired) electrons. The van der Waals surface area contributed by atoms with Gasteiger partial charge >= 0.3 is 0 Å². The summed E-state index contributed by atoms with van der Waals surface area (Å²) in [6, 6.07) is 9.25. The SMILES string of the molecule is CC1(C)COc2cc(NS(=O)(=O)c3cccc(F)c3)ccc2NC1=O. The van der Waals surface area contributed by atoms with E-state index in [4.69, 9.17) is 4.74 Å². The lowest BCUT2D eigenvalue weighted by Crippen LogP contribution is -2.33. The van der Waals surface area contributed by atoms with Crippen LogP contribution >= 0.6 is 0 Å². The maximum absolute atomic E-state index is 13.3. The zero-order valence-electron chi connectivity index (χ0n) is 13.7. The van der Waals surface area contributed by atoms with Crippen molar-refractivity contribution in [2.75, 3.05) is 16.6 Å². The third-order valence-electron chi connectivity index (χ3n) is 3.79. The predicted octanol–water partition coefficient (Wildman–Crippen LogP) is 2.98. The van der Waals surface area contributed by atoms with Crippen LogP contribution in [-0.4, -0.2) is 20.9 Å². The molecule has 2 aromatic rings. The minimum absolute atomic E-state index is 0.159. The third-order valence-corrected chi connectivity index (χ3v) is 5.17. The number of rotatable bonds is 3. The predicted molar refractivity (Wildman–Crippen MR) is 91.6 cm³/mol. The molecule has 0 aliphatic carbocycles. The summed E-state index contributed by atoms with van der Waals surface area (Å²) in [6.45, 7) is 3.66. The molecule has 1 aliphatic rings. The van der Waals surface area contributed by atoms with Crippen LogP contribution < -0.4 is 14.8 Å². The molecule has 6 nitrogen and oxygen atoms in total. The first kappa shape index (κ1) is 17.2. The summed E-state index contributed by atoms with van der Waals surface area (Å²) in [7, 11) is -3.94. The number of carbonyl (C=O) groups excluding carboxylic acids is 1. The minimum Gasteiger partial charge on any atom is -0.490 e. The molecule has 3 rings (SSSR count). The van der Waals surface area contributed by atoms with E-state index >= 15 is 0 Å². The smallest absolute Gasteiger partial charge is 0.261 e. The molecular weight excluding hydrogens is 347 g/mol. The zero-order chi connectivity index (χ0) is 18.2. The summed E-state index contributed by atoms with van der Waals surface area (Å²) < 4.78 is 46.0. The van der Waals surface area contributed by atoms with E-state index in [1.807, 2.05) is 0 Å². The molecule has 0 spiro atoms. The Hall–Kier alpha value is -2.61. The summed E-state index contributed by atoms with van der Waals surface area (Å²) in [5, 5.41) is 2.75. The van der Waals surface area contributed by atoms with Crippen LogP contribution in [-0.2, 0) is 14.8 Å². The lowest BCUT2D eigenvalue weighted by Gasteiger charge is -2.18. The van der Waals surface area contributed by atoms with Crippen molar-refractivity contribution in [2.45, 2.75) is 18.7 Å². The second-order valence-electron chi connectivity index (χ2n) is 6.40. The van der Waals surface area contributed by atoms with E-state index in [0.717, 1.165) is 6.07 Å². The number of nitrogens with one attached hydrogen (secondary N) is 2. The van der Waals surface area contributed by atoms with Gasteiger partial charge in [-0.1, -0.05) is 6.07 Å². The Kier molecular flexibility index (Phi) is 4.16. The van der Waals surface area contributed by atoms with Gasteiger partial charge in [-0.3, -0.25) is 9.52 Å². The second kappa shape index (κ2) is 6.03. The van der Waals surface area contributed by atoms with Crippen molar-refractivity contribution < 1.29 is 22.3 Å². The van der Waals surface area contributed by atoms with Gasteiger partial charge in [0.15, 0.2) is 0 Å². The Morgan fingerprint density at radius 2 is 1.96 bits per heavy atom. The van der Waals surface area contributed by atoms with Gasteiger partial charge in [0.1, 0.15) is 18.2 Å². The van der Waals surface area contributed by atoms with Crippen molar-refractivity contribution in [1.29, 1.82) is 0 Å². The number of benzene rings is 2. The van der Waals surface area contributed by atoms with Gasteiger partial charge in [0.2, 0.25) is 5.91 Å². The molecule has 0 unspecified atom stereocenters.